The van der Waals surface area contributed by atoms with E-state index in [9.17, 15) is 9.59 Å². The van der Waals surface area contributed by atoms with Crippen LogP contribution in [0, 0.1) is 0 Å². The zero-order chi connectivity index (χ0) is 24.9. The van der Waals surface area contributed by atoms with Crippen molar-refractivity contribution < 1.29 is 19.1 Å². The Bertz CT molecular complexity index is 1240. The number of rotatable bonds is 9. The third-order valence-corrected chi connectivity index (χ3v) is 8.21. The van der Waals surface area contributed by atoms with Crippen molar-refractivity contribution >= 4 is 63.2 Å². The highest BCUT2D eigenvalue weighted by atomic mass is 35.5. The van der Waals surface area contributed by atoms with Crippen molar-refractivity contribution in [1.82, 2.24) is 14.8 Å². The summed E-state index contributed by atoms with van der Waals surface area (Å²) in [7, 11) is 1.36. The van der Waals surface area contributed by atoms with Gasteiger partial charge in [0, 0.05) is 16.4 Å². The van der Waals surface area contributed by atoms with Gasteiger partial charge in [-0.05, 0) is 56.4 Å². The van der Waals surface area contributed by atoms with E-state index in [0.717, 1.165) is 36.1 Å². The molecule has 0 fully saturated rings. The molecule has 3 aromatic rings. The molecule has 0 aliphatic heterocycles. The predicted molar refractivity (Wildman–Crippen MR) is 138 cm³/mol. The van der Waals surface area contributed by atoms with Crippen LogP contribution < -0.4 is 10.1 Å². The second-order valence-electron chi connectivity index (χ2n) is 7.75. The van der Waals surface area contributed by atoms with Crippen molar-refractivity contribution in [1.29, 1.82) is 0 Å². The third-order valence-electron chi connectivity index (χ3n) is 5.51. The number of carbonyl (C=O) groups excluding carboxylic acids is 2. The average Bonchev–Trinajstić information content (AvgIpc) is 3.41. The zero-order valence-electron chi connectivity index (χ0n) is 19.2. The van der Waals surface area contributed by atoms with Crippen molar-refractivity contribution in [2.45, 2.75) is 50.9 Å². The van der Waals surface area contributed by atoms with E-state index in [0.29, 0.717) is 43.9 Å². The molecule has 0 radical (unpaired) electrons. The summed E-state index contributed by atoms with van der Waals surface area (Å²) in [5.41, 5.74) is 1.50. The number of nitrogens with zero attached hydrogens (tertiary/aromatic N) is 3. The fourth-order valence-corrected chi connectivity index (χ4v) is 6.43. The fraction of sp³-hybridized carbons (Fsp3) is 0.391. The quantitative estimate of drug-likeness (QED) is 0.270. The third kappa shape index (κ3) is 5.94. The van der Waals surface area contributed by atoms with Crippen LogP contribution in [0.15, 0.2) is 23.4 Å². The Hall–Kier alpha value is -2.27. The van der Waals surface area contributed by atoms with Crippen LogP contribution in [0.3, 0.4) is 0 Å². The van der Waals surface area contributed by atoms with Crippen molar-refractivity contribution in [3.63, 3.8) is 0 Å². The molecule has 1 amide bonds. The number of nitrogens with one attached hydrogen (secondary N) is 1. The van der Waals surface area contributed by atoms with E-state index in [1.807, 2.05) is 11.5 Å². The predicted octanol–water partition coefficient (Wildman–Crippen LogP) is 5.64. The molecule has 12 heteroatoms. The number of hydrogen-bond acceptors (Lipinski definition) is 8. The molecular formula is C23H24Cl2N4O4S2. The number of benzene rings is 1. The van der Waals surface area contributed by atoms with Crippen LogP contribution in [0.2, 0.25) is 10.0 Å². The molecule has 2 heterocycles. The van der Waals surface area contributed by atoms with Gasteiger partial charge < -0.3 is 19.4 Å². The molecule has 8 nitrogen and oxygen atoms in total. The zero-order valence-corrected chi connectivity index (χ0v) is 22.4. The molecule has 0 spiro atoms. The van der Waals surface area contributed by atoms with E-state index in [1.165, 1.54) is 30.2 Å². The lowest BCUT2D eigenvalue weighted by Crippen LogP contribution is -2.17. The number of thioether (sulfide) groups is 1. The molecule has 0 bridgehead atoms. The average molecular weight is 556 g/mol. The lowest BCUT2D eigenvalue weighted by atomic mass is 9.95. The number of aromatic nitrogens is 3. The van der Waals surface area contributed by atoms with Gasteiger partial charge in [-0.25, -0.2) is 4.79 Å². The summed E-state index contributed by atoms with van der Waals surface area (Å²) >= 11 is 14.8. The topological polar surface area (TPSA) is 95.3 Å². The highest BCUT2D eigenvalue weighted by Crippen LogP contribution is 2.38. The first kappa shape index (κ1) is 25.8. The molecule has 1 aliphatic rings. The minimum absolute atomic E-state index is 0.116. The number of halogens is 2. The van der Waals surface area contributed by atoms with Gasteiger partial charge in [-0.1, -0.05) is 35.0 Å². The molecular weight excluding hydrogens is 531 g/mol. The first-order valence-electron chi connectivity index (χ1n) is 11.1. The summed E-state index contributed by atoms with van der Waals surface area (Å²) in [5.74, 6) is 0.583. The van der Waals surface area contributed by atoms with E-state index in [-0.39, 0.29) is 18.3 Å². The molecule has 0 atom stereocenters. The van der Waals surface area contributed by atoms with Gasteiger partial charge in [0.1, 0.15) is 17.4 Å². The number of hydrogen-bond donors (Lipinski definition) is 1. The van der Waals surface area contributed by atoms with Gasteiger partial charge in [-0.15, -0.1) is 21.5 Å². The number of thiophene rings is 1. The van der Waals surface area contributed by atoms with E-state index in [2.05, 4.69) is 15.5 Å². The van der Waals surface area contributed by atoms with Crippen molar-refractivity contribution in [3.05, 3.63) is 50.1 Å². The standard InChI is InChI=1S/C23H24Cl2N4O4S2/c1-3-29-18(11-33-16-9-8-13(24)10-15(16)25)27-28-23(29)34-12-19(30)26-21-20(22(31)32-2)14-6-4-5-7-17(14)35-21/h8-10H,3-7,11-12H2,1-2H3,(H,26,30). The number of carbonyl (C=O) groups is 2. The van der Waals surface area contributed by atoms with E-state index in [1.54, 1.807) is 18.2 Å². The van der Waals surface area contributed by atoms with Gasteiger partial charge in [0.2, 0.25) is 5.91 Å². The maximum Gasteiger partial charge on any atom is 0.341 e. The normalized spacial score (nSPS) is 12.8. The fourth-order valence-electron chi connectivity index (χ4n) is 3.85. The van der Waals surface area contributed by atoms with Crippen molar-refractivity contribution in [2.24, 2.45) is 0 Å². The van der Waals surface area contributed by atoms with Gasteiger partial charge >= 0.3 is 5.97 Å². The monoisotopic (exact) mass is 554 g/mol. The molecule has 1 aliphatic carbocycles. The molecule has 0 saturated heterocycles. The van der Waals surface area contributed by atoms with Gasteiger partial charge in [0.05, 0.1) is 23.4 Å². The second-order valence-corrected chi connectivity index (χ2v) is 10.6. The Morgan fingerprint density at radius 3 is 2.77 bits per heavy atom. The van der Waals surface area contributed by atoms with Gasteiger partial charge in [0.25, 0.3) is 0 Å². The molecule has 4 rings (SSSR count). The van der Waals surface area contributed by atoms with Crippen LogP contribution in [0.1, 0.15) is 46.4 Å². The lowest BCUT2D eigenvalue weighted by molar-refractivity contribution is -0.113. The van der Waals surface area contributed by atoms with Crippen molar-refractivity contribution in [3.8, 4) is 5.75 Å². The maximum atomic E-state index is 12.8. The molecule has 1 aromatic carbocycles. The Kier molecular flexibility index (Phi) is 8.59. The second kappa shape index (κ2) is 11.6. The molecule has 186 valence electrons. The van der Waals surface area contributed by atoms with Gasteiger partial charge in [-0.3, -0.25) is 4.79 Å². The summed E-state index contributed by atoms with van der Waals surface area (Å²) in [6.07, 6.45) is 3.85. The Morgan fingerprint density at radius 2 is 2.03 bits per heavy atom. The summed E-state index contributed by atoms with van der Waals surface area (Å²) < 4.78 is 12.6. The van der Waals surface area contributed by atoms with E-state index >= 15 is 0 Å². The number of esters is 1. The molecule has 2 aromatic heterocycles. The number of methoxy groups -OCH3 is 1. The summed E-state index contributed by atoms with van der Waals surface area (Å²) in [6.45, 7) is 2.73. The number of fused-ring (bicyclic) bond motifs is 1. The van der Waals surface area contributed by atoms with Crippen LogP contribution in [-0.4, -0.2) is 39.5 Å². The number of ether oxygens (including phenoxy) is 2. The number of anilines is 1. The summed E-state index contributed by atoms with van der Waals surface area (Å²) in [6, 6.07) is 5.00. The minimum Gasteiger partial charge on any atom is -0.484 e. The Morgan fingerprint density at radius 1 is 1.23 bits per heavy atom. The van der Waals surface area contributed by atoms with E-state index < -0.39 is 5.97 Å². The molecule has 0 unspecified atom stereocenters. The highest BCUT2D eigenvalue weighted by Gasteiger charge is 2.27. The summed E-state index contributed by atoms with van der Waals surface area (Å²) in [5, 5.41) is 13.4. The van der Waals surface area contributed by atoms with Crippen LogP contribution in [0.5, 0.6) is 5.75 Å². The maximum absolute atomic E-state index is 12.8. The SMILES string of the molecule is CCn1c(COc2ccc(Cl)cc2Cl)nnc1SCC(=O)Nc1sc2c(c1C(=O)OC)CCCC2. The van der Waals surface area contributed by atoms with Gasteiger partial charge in [-0.2, -0.15) is 0 Å². The molecule has 0 saturated carbocycles. The number of amides is 1. The van der Waals surface area contributed by atoms with Gasteiger partial charge in [0.15, 0.2) is 11.0 Å². The minimum atomic E-state index is -0.413. The first-order valence-corrected chi connectivity index (χ1v) is 13.6. The summed E-state index contributed by atoms with van der Waals surface area (Å²) in [4.78, 5) is 26.3. The van der Waals surface area contributed by atoms with E-state index in [4.69, 9.17) is 32.7 Å². The van der Waals surface area contributed by atoms with Crippen LogP contribution in [0.25, 0.3) is 0 Å². The first-order chi connectivity index (χ1) is 16.9. The van der Waals surface area contributed by atoms with Crippen LogP contribution >= 0.6 is 46.3 Å². The Labute approximate surface area is 221 Å². The number of aryl methyl sites for hydroxylation is 1. The van der Waals surface area contributed by atoms with Crippen molar-refractivity contribution in [2.75, 3.05) is 18.2 Å². The largest absolute Gasteiger partial charge is 0.484 e. The van der Waals surface area contributed by atoms with Crippen LogP contribution in [0.4, 0.5) is 5.00 Å². The molecule has 1 N–H and O–H groups in total. The smallest absolute Gasteiger partial charge is 0.341 e. The highest BCUT2D eigenvalue weighted by molar-refractivity contribution is 7.99. The molecule has 35 heavy (non-hydrogen) atoms. The van der Waals surface area contributed by atoms with Crippen LogP contribution in [-0.2, 0) is 35.5 Å². The Balaban J connectivity index is 1.40. The lowest BCUT2D eigenvalue weighted by Gasteiger charge is -2.12.